The fraction of sp³-hybridized carbons (Fsp3) is 0.769. The van der Waals surface area contributed by atoms with Crippen LogP contribution in [0.1, 0.15) is 19.3 Å². The highest BCUT2D eigenvalue weighted by atomic mass is 19.4. The number of aromatic nitrogens is 2. The predicted octanol–water partition coefficient (Wildman–Crippen LogP) is 1.89. The summed E-state index contributed by atoms with van der Waals surface area (Å²) in [5.74, 6) is 0. The maximum atomic E-state index is 12.3. The van der Waals surface area contributed by atoms with E-state index in [-0.39, 0.29) is 0 Å². The van der Waals surface area contributed by atoms with Gasteiger partial charge in [-0.3, -0.25) is 4.90 Å². The maximum absolute atomic E-state index is 12.3. The third-order valence-corrected chi connectivity index (χ3v) is 3.58. The van der Waals surface area contributed by atoms with Crippen LogP contribution in [0, 0.1) is 0 Å². The van der Waals surface area contributed by atoms with Crippen molar-refractivity contribution in [2.75, 3.05) is 26.2 Å². The van der Waals surface area contributed by atoms with Crippen LogP contribution in [-0.4, -0.2) is 52.8 Å². The van der Waals surface area contributed by atoms with E-state index in [2.05, 4.69) is 10.3 Å². The molecule has 1 saturated heterocycles. The van der Waals surface area contributed by atoms with Gasteiger partial charge >= 0.3 is 6.18 Å². The van der Waals surface area contributed by atoms with Gasteiger partial charge in [-0.15, -0.1) is 0 Å². The number of likely N-dealkylation sites (tertiary alicyclic amines) is 1. The Kier molecular flexibility index (Phi) is 5.42. The summed E-state index contributed by atoms with van der Waals surface area (Å²) in [7, 11) is 0. The Balaban J connectivity index is 1.55. The Morgan fingerprint density at radius 3 is 2.60 bits per heavy atom. The Labute approximate surface area is 117 Å². The second kappa shape index (κ2) is 7.08. The number of nitrogens with one attached hydrogen (secondary N) is 1. The van der Waals surface area contributed by atoms with Gasteiger partial charge in [-0.2, -0.15) is 13.2 Å². The lowest BCUT2D eigenvalue weighted by Gasteiger charge is -2.32. The summed E-state index contributed by atoms with van der Waals surface area (Å²) >= 11 is 0. The average Bonchev–Trinajstić information content (AvgIpc) is 2.88. The van der Waals surface area contributed by atoms with Gasteiger partial charge < -0.3 is 9.88 Å². The minimum atomic E-state index is -4.08. The minimum absolute atomic E-state index is 0.349. The zero-order valence-corrected chi connectivity index (χ0v) is 11.4. The first kappa shape index (κ1) is 15.3. The summed E-state index contributed by atoms with van der Waals surface area (Å²) in [5, 5.41) is 3.43. The van der Waals surface area contributed by atoms with Crippen molar-refractivity contribution in [1.82, 2.24) is 19.8 Å². The number of hydrogen-bond acceptors (Lipinski definition) is 3. The van der Waals surface area contributed by atoms with Gasteiger partial charge in [0.1, 0.15) is 0 Å². The molecule has 4 nitrogen and oxygen atoms in total. The molecule has 0 aliphatic carbocycles. The van der Waals surface area contributed by atoms with Crippen LogP contribution in [0.4, 0.5) is 13.2 Å². The summed E-state index contributed by atoms with van der Waals surface area (Å²) in [6.07, 6.45) is 3.97. The molecular formula is C13H21F3N4. The van der Waals surface area contributed by atoms with E-state index in [1.54, 1.807) is 12.5 Å². The zero-order valence-electron chi connectivity index (χ0n) is 11.4. The van der Waals surface area contributed by atoms with Crippen molar-refractivity contribution < 1.29 is 13.2 Å². The van der Waals surface area contributed by atoms with Crippen molar-refractivity contribution in [2.45, 2.75) is 38.0 Å². The van der Waals surface area contributed by atoms with Gasteiger partial charge in [-0.1, -0.05) is 0 Å². The fourth-order valence-corrected chi connectivity index (χ4v) is 2.54. The second-order valence-electron chi connectivity index (χ2n) is 5.27. The highest BCUT2D eigenvalue weighted by Gasteiger charge is 2.32. The molecule has 0 aromatic carbocycles. The van der Waals surface area contributed by atoms with Gasteiger partial charge in [0, 0.05) is 25.0 Å². The van der Waals surface area contributed by atoms with Crippen molar-refractivity contribution in [2.24, 2.45) is 0 Å². The van der Waals surface area contributed by atoms with Crippen LogP contribution in [0.2, 0.25) is 0 Å². The molecule has 1 fully saturated rings. The van der Waals surface area contributed by atoms with Crippen LogP contribution in [-0.2, 0) is 6.54 Å². The summed E-state index contributed by atoms with van der Waals surface area (Å²) in [5.41, 5.74) is 0. The van der Waals surface area contributed by atoms with Crippen LogP contribution < -0.4 is 5.32 Å². The number of halogens is 3. The van der Waals surface area contributed by atoms with Crippen LogP contribution in [0.3, 0.4) is 0 Å². The number of piperidine rings is 1. The first-order valence-corrected chi connectivity index (χ1v) is 7.01. The van der Waals surface area contributed by atoms with Gasteiger partial charge in [0.2, 0.25) is 0 Å². The lowest BCUT2D eigenvalue weighted by molar-refractivity contribution is -0.148. The molecule has 0 spiro atoms. The number of alkyl halides is 3. The number of aryl methyl sites for hydroxylation is 1. The number of imidazole rings is 1. The summed E-state index contributed by atoms with van der Waals surface area (Å²) < 4.78 is 38.8. The largest absolute Gasteiger partial charge is 0.401 e. The lowest BCUT2D eigenvalue weighted by Crippen LogP contribution is -2.45. The molecule has 2 rings (SSSR count). The van der Waals surface area contributed by atoms with Crippen LogP contribution in [0.25, 0.3) is 0 Å². The first-order chi connectivity index (χ1) is 9.53. The van der Waals surface area contributed by atoms with Gasteiger partial charge in [0.05, 0.1) is 12.9 Å². The van der Waals surface area contributed by atoms with Crippen molar-refractivity contribution in [3.05, 3.63) is 18.7 Å². The predicted molar refractivity (Wildman–Crippen MR) is 70.4 cm³/mol. The normalized spacial score (nSPS) is 18.6. The Hall–Kier alpha value is -1.08. The molecular weight excluding hydrogens is 269 g/mol. The standard InChI is InChI=1S/C13H21F3N4/c14-13(15,16)10-19-7-2-12(3-8-19)18-4-1-6-20-9-5-17-11-20/h5,9,11-12,18H,1-4,6-8,10H2. The molecule has 1 aliphatic rings. The molecule has 1 aromatic rings. The summed E-state index contributed by atoms with van der Waals surface area (Å²) in [6, 6.07) is 0.349. The SMILES string of the molecule is FC(F)(F)CN1CCC(NCCCn2ccnc2)CC1. The number of hydrogen-bond donors (Lipinski definition) is 1. The molecule has 20 heavy (non-hydrogen) atoms. The molecule has 0 bridgehead atoms. The first-order valence-electron chi connectivity index (χ1n) is 7.01. The minimum Gasteiger partial charge on any atom is -0.337 e. The number of nitrogens with zero attached hydrogens (tertiary/aromatic N) is 3. The smallest absolute Gasteiger partial charge is 0.337 e. The molecule has 114 valence electrons. The molecule has 0 unspecified atom stereocenters. The van der Waals surface area contributed by atoms with Crippen LogP contribution in [0.5, 0.6) is 0 Å². The molecule has 1 aromatic heterocycles. The van der Waals surface area contributed by atoms with Crippen molar-refractivity contribution >= 4 is 0 Å². The lowest BCUT2D eigenvalue weighted by atomic mass is 10.0. The monoisotopic (exact) mass is 290 g/mol. The molecule has 0 saturated carbocycles. The Bertz CT molecular complexity index is 369. The Morgan fingerprint density at radius 2 is 2.00 bits per heavy atom. The highest BCUT2D eigenvalue weighted by molar-refractivity contribution is 4.79. The van der Waals surface area contributed by atoms with E-state index in [4.69, 9.17) is 0 Å². The third kappa shape index (κ3) is 5.50. The van der Waals surface area contributed by atoms with E-state index in [1.165, 1.54) is 4.90 Å². The topological polar surface area (TPSA) is 33.1 Å². The van der Waals surface area contributed by atoms with E-state index in [0.717, 1.165) is 32.4 Å². The quantitative estimate of drug-likeness (QED) is 0.812. The van der Waals surface area contributed by atoms with Gasteiger partial charge in [0.15, 0.2) is 0 Å². The van der Waals surface area contributed by atoms with Gasteiger partial charge in [0.25, 0.3) is 0 Å². The van der Waals surface area contributed by atoms with E-state index in [0.29, 0.717) is 19.1 Å². The van der Waals surface area contributed by atoms with E-state index in [1.807, 2.05) is 10.8 Å². The van der Waals surface area contributed by atoms with Crippen molar-refractivity contribution in [1.29, 1.82) is 0 Å². The average molecular weight is 290 g/mol. The van der Waals surface area contributed by atoms with E-state index in [9.17, 15) is 13.2 Å². The third-order valence-electron chi connectivity index (χ3n) is 3.58. The fourth-order valence-electron chi connectivity index (χ4n) is 2.54. The van der Waals surface area contributed by atoms with Crippen molar-refractivity contribution in [3.63, 3.8) is 0 Å². The summed E-state index contributed by atoms with van der Waals surface area (Å²) in [6.45, 7) is 2.08. The van der Waals surface area contributed by atoms with E-state index >= 15 is 0 Å². The molecule has 1 N–H and O–H groups in total. The molecule has 0 atom stereocenters. The molecule has 0 amide bonds. The van der Waals surface area contributed by atoms with Crippen molar-refractivity contribution in [3.8, 4) is 0 Å². The van der Waals surface area contributed by atoms with Gasteiger partial charge in [-0.05, 0) is 38.9 Å². The second-order valence-corrected chi connectivity index (χ2v) is 5.27. The maximum Gasteiger partial charge on any atom is 0.401 e. The van der Waals surface area contributed by atoms with E-state index < -0.39 is 12.7 Å². The number of rotatable bonds is 6. The molecule has 2 heterocycles. The molecule has 1 aliphatic heterocycles. The molecule has 0 radical (unpaired) electrons. The Morgan fingerprint density at radius 1 is 1.25 bits per heavy atom. The highest BCUT2D eigenvalue weighted by Crippen LogP contribution is 2.19. The van der Waals surface area contributed by atoms with Crippen LogP contribution in [0.15, 0.2) is 18.7 Å². The zero-order chi connectivity index (χ0) is 14.4. The van der Waals surface area contributed by atoms with Crippen LogP contribution >= 0.6 is 0 Å². The molecule has 7 heteroatoms. The van der Waals surface area contributed by atoms with Gasteiger partial charge in [-0.25, -0.2) is 4.98 Å². The summed E-state index contributed by atoms with van der Waals surface area (Å²) in [4.78, 5) is 5.46.